The Hall–Kier alpha value is -0.600. The maximum atomic E-state index is 5.97. The molecule has 134 valence electrons. The van der Waals surface area contributed by atoms with Gasteiger partial charge in [0.25, 0.3) is 0 Å². The van der Waals surface area contributed by atoms with Crippen molar-refractivity contribution in [2.75, 3.05) is 32.8 Å². The summed E-state index contributed by atoms with van der Waals surface area (Å²) in [7, 11) is 0. The van der Waals surface area contributed by atoms with Gasteiger partial charge in [-0.25, -0.2) is 0 Å². The van der Waals surface area contributed by atoms with Gasteiger partial charge in [-0.15, -0.1) is 37.1 Å². The van der Waals surface area contributed by atoms with Gasteiger partial charge in [0.1, 0.15) is 0 Å². The molecule has 0 spiro atoms. The first-order chi connectivity index (χ1) is 10.6. The van der Waals surface area contributed by atoms with E-state index in [1.165, 1.54) is 0 Å². The van der Waals surface area contributed by atoms with Crippen LogP contribution < -0.4 is 11.1 Å². The van der Waals surface area contributed by atoms with Crippen LogP contribution >= 0.6 is 24.0 Å². The minimum absolute atomic E-state index is 0. The lowest BCUT2D eigenvalue weighted by Gasteiger charge is -2.31. The number of nitrogens with one attached hydrogen (secondary N) is 1. The lowest BCUT2D eigenvalue weighted by atomic mass is 10.0. The Morgan fingerprint density at radius 1 is 1.39 bits per heavy atom. The van der Waals surface area contributed by atoms with Crippen molar-refractivity contribution in [2.45, 2.75) is 38.8 Å². The predicted molar refractivity (Wildman–Crippen MR) is 109 cm³/mol. The number of guanidine groups is 1. The Kier molecular flexibility index (Phi) is 12.4. The monoisotopic (exact) mass is 436 g/mol. The molecule has 0 radical (unpaired) electrons. The first kappa shape index (κ1) is 22.4. The van der Waals surface area contributed by atoms with Crippen molar-refractivity contribution in [1.29, 1.82) is 0 Å². The van der Waals surface area contributed by atoms with Crippen molar-refractivity contribution in [3.05, 3.63) is 25.3 Å². The van der Waals surface area contributed by atoms with Crippen LogP contribution in [0.2, 0.25) is 0 Å². The Morgan fingerprint density at radius 2 is 2.04 bits per heavy atom. The van der Waals surface area contributed by atoms with Gasteiger partial charge >= 0.3 is 0 Å². The van der Waals surface area contributed by atoms with Crippen molar-refractivity contribution >= 4 is 29.9 Å². The predicted octanol–water partition coefficient (Wildman–Crippen LogP) is 2.39. The number of hydrogen-bond donors (Lipinski definition) is 2. The molecule has 6 heteroatoms. The number of nitrogens with two attached hydrogens (primary N) is 1. The van der Waals surface area contributed by atoms with E-state index in [4.69, 9.17) is 10.5 Å². The number of aliphatic imine (C=N–C) groups is 1. The number of hydrogen-bond acceptors (Lipinski definition) is 3. The Bertz CT molecular complexity index is 358. The van der Waals surface area contributed by atoms with Crippen LogP contribution in [0.1, 0.15) is 26.7 Å². The van der Waals surface area contributed by atoms with E-state index in [0.29, 0.717) is 24.5 Å². The zero-order valence-corrected chi connectivity index (χ0v) is 16.9. The number of rotatable bonds is 10. The van der Waals surface area contributed by atoms with Crippen molar-refractivity contribution in [3.8, 4) is 0 Å². The molecular formula is C17H33IN4O. The molecule has 0 bridgehead atoms. The molecule has 0 amide bonds. The Morgan fingerprint density at radius 3 is 2.52 bits per heavy atom. The van der Waals surface area contributed by atoms with E-state index in [1.54, 1.807) is 0 Å². The van der Waals surface area contributed by atoms with Gasteiger partial charge in [0, 0.05) is 32.3 Å². The molecule has 0 aromatic carbocycles. The van der Waals surface area contributed by atoms with E-state index in [2.05, 4.69) is 42.2 Å². The van der Waals surface area contributed by atoms with Gasteiger partial charge in [-0.05, 0) is 18.8 Å². The highest BCUT2D eigenvalue weighted by atomic mass is 127. The molecule has 0 saturated carbocycles. The average molecular weight is 436 g/mol. The maximum Gasteiger partial charge on any atom is 0.188 e. The standard InChI is InChI=1S/C17H32N4O.HI/c1-5-9-21(10-6-2)16(14(3)4)13-20-17(18)19-12-15-8-7-11-22-15;/h5-6,14-16H,1-2,7-13H2,3-4H3,(H3,18,19,20);1H. The molecule has 0 aromatic heterocycles. The van der Waals surface area contributed by atoms with Crippen LogP contribution in [0, 0.1) is 5.92 Å². The second-order valence-corrected chi connectivity index (χ2v) is 6.08. The fraction of sp³-hybridized carbons (Fsp3) is 0.706. The molecule has 5 nitrogen and oxygen atoms in total. The van der Waals surface area contributed by atoms with Gasteiger partial charge in [0.2, 0.25) is 0 Å². The summed E-state index contributed by atoms with van der Waals surface area (Å²) in [5, 5.41) is 3.17. The molecule has 1 fully saturated rings. The summed E-state index contributed by atoms with van der Waals surface area (Å²) < 4.78 is 5.57. The highest BCUT2D eigenvalue weighted by Gasteiger charge is 2.20. The molecule has 1 heterocycles. The fourth-order valence-corrected chi connectivity index (χ4v) is 2.70. The van der Waals surface area contributed by atoms with Crippen LogP contribution in [0.3, 0.4) is 0 Å². The largest absolute Gasteiger partial charge is 0.376 e. The third-order valence-electron chi connectivity index (χ3n) is 3.95. The molecule has 1 rings (SSSR count). The van der Waals surface area contributed by atoms with Gasteiger partial charge in [-0.2, -0.15) is 0 Å². The van der Waals surface area contributed by atoms with Crippen molar-refractivity contribution in [1.82, 2.24) is 10.2 Å². The van der Waals surface area contributed by atoms with E-state index >= 15 is 0 Å². The quantitative estimate of drug-likeness (QED) is 0.239. The molecule has 1 aliphatic rings. The van der Waals surface area contributed by atoms with Crippen LogP contribution in [0.4, 0.5) is 0 Å². The SMILES string of the molecule is C=CCN(CC=C)C(CN=C(N)NCC1CCCO1)C(C)C.I. The van der Waals surface area contributed by atoms with E-state index in [-0.39, 0.29) is 30.1 Å². The van der Waals surface area contributed by atoms with Crippen LogP contribution in [0.5, 0.6) is 0 Å². The highest BCUT2D eigenvalue weighted by molar-refractivity contribution is 14.0. The second kappa shape index (κ2) is 12.8. The molecule has 2 unspecified atom stereocenters. The topological polar surface area (TPSA) is 62.9 Å². The first-order valence-corrected chi connectivity index (χ1v) is 8.19. The fourth-order valence-electron chi connectivity index (χ4n) is 2.70. The summed E-state index contributed by atoms with van der Waals surface area (Å²) >= 11 is 0. The van der Waals surface area contributed by atoms with Crippen molar-refractivity contribution in [2.24, 2.45) is 16.6 Å². The van der Waals surface area contributed by atoms with Crippen molar-refractivity contribution < 1.29 is 4.74 Å². The van der Waals surface area contributed by atoms with Crippen LogP contribution in [-0.2, 0) is 4.74 Å². The molecule has 2 atom stereocenters. The first-order valence-electron chi connectivity index (χ1n) is 8.19. The number of nitrogens with zero attached hydrogens (tertiary/aromatic N) is 2. The zero-order valence-electron chi connectivity index (χ0n) is 14.5. The molecule has 1 aliphatic heterocycles. The highest BCUT2D eigenvalue weighted by Crippen LogP contribution is 2.12. The van der Waals surface area contributed by atoms with Crippen LogP contribution in [0.25, 0.3) is 0 Å². The lowest BCUT2D eigenvalue weighted by Crippen LogP contribution is -2.43. The minimum atomic E-state index is 0. The van der Waals surface area contributed by atoms with Gasteiger partial charge in [-0.1, -0.05) is 26.0 Å². The summed E-state index contributed by atoms with van der Waals surface area (Å²) in [6.07, 6.45) is 6.34. The van der Waals surface area contributed by atoms with E-state index in [1.807, 2.05) is 12.2 Å². The molecular weight excluding hydrogens is 403 g/mol. The number of halogens is 1. The van der Waals surface area contributed by atoms with E-state index in [9.17, 15) is 0 Å². The third kappa shape index (κ3) is 8.72. The van der Waals surface area contributed by atoms with Crippen LogP contribution in [0.15, 0.2) is 30.3 Å². The lowest BCUT2D eigenvalue weighted by molar-refractivity contribution is 0.114. The summed E-state index contributed by atoms with van der Waals surface area (Å²) in [5.41, 5.74) is 5.97. The average Bonchev–Trinajstić information content (AvgIpc) is 2.98. The van der Waals surface area contributed by atoms with Gasteiger partial charge in [0.15, 0.2) is 5.96 Å². The molecule has 3 N–H and O–H groups in total. The van der Waals surface area contributed by atoms with Crippen LogP contribution in [-0.4, -0.2) is 55.8 Å². The second-order valence-electron chi connectivity index (χ2n) is 6.08. The van der Waals surface area contributed by atoms with Gasteiger partial charge < -0.3 is 15.8 Å². The minimum Gasteiger partial charge on any atom is -0.376 e. The molecule has 1 saturated heterocycles. The third-order valence-corrected chi connectivity index (χ3v) is 3.95. The zero-order chi connectivity index (χ0) is 16.4. The molecule has 0 aromatic rings. The normalized spacial score (nSPS) is 19.5. The number of ether oxygens (including phenoxy) is 1. The summed E-state index contributed by atoms with van der Waals surface area (Å²) in [6, 6.07) is 0.319. The molecule has 0 aliphatic carbocycles. The summed E-state index contributed by atoms with van der Waals surface area (Å²) in [5.74, 6) is 0.980. The smallest absolute Gasteiger partial charge is 0.188 e. The van der Waals surface area contributed by atoms with Gasteiger partial charge in [0.05, 0.1) is 12.6 Å². The van der Waals surface area contributed by atoms with E-state index in [0.717, 1.165) is 39.1 Å². The summed E-state index contributed by atoms with van der Waals surface area (Å²) in [4.78, 5) is 6.83. The van der Waals surface area contributed by atoms with Crippen molar-refractivity contribution in [3.63, 3.8) is 0 Å². The Balaban J connectivity index is 0.00000484. The molecule has 23 heavy (non-hydrogen) atoms. The van der Waals surface area contributed by atoms with Gasteiger partial charge in [-0.3, -0.25) is 9.89 Å². The summed E-state index contributed by atoms with van der Waals surface area (Å²) in [6.45, 7) is 16.0. The Labute approximate surface area is 158 Å². The maximum absolute atomic E-state index is 5.97. The van der Waals surface area contributed by atoms with E-state index < -0.39 is 0 Å².